The van der Waals surface area contributed by atoms with Crippen molar-refractivity contribution in [3.63, 3.8) is 0 Å². The standard InChI is InChI=1S/C23H27N5OS/c1-13(2)23-15(11-29)7-19(28-23)17-10-24-22(9-20(17)26-14(3)4)27-16-5-6-18-21(8-16)30-12-25-18/h5-10,12-14,28-29H,11H2,1-4H3,(H2,24,26,27). The number of nitrogens with zero attached hydrogens (tertiary/aromatic N) is 2. The number of hydrogen-bond acceptors (Lipinski definition) is 6. The second kappa shape index (κ2) is 8.45. The highest BCUT2D eigenvalue weighted by Gasteiger charge is 2.16. The van der Waals surface area contributed by atoms with Crippen LogP contribution in [0.3, 0.4) is 0 Å². The van der Waals surface area contributed by atoms with Crippen LogP contribution in [0.4, 0.5) is 17.2 Å². The second-order valence-corrected chi connectivity index (χ2v) is 8.90. The maximum atomic E-state index is 9.75. The van der Waals surface area contributed by atoms with E-state index in [4.69, 9.17) is 0 Å². The van der Waals surface area contributed by atoms with Crippen molar-refractivity contribution in [1.82, 2.24) is 15.0 Å². The van der Waals surface area contributed by atoms with Gasteiger partial charge in [0.2, 0.25) is 0 Å². The van der Waals surface area contributed by atoms with Crippen LogP contribution in [-0.2, 0) is 6.61 Å². The summed E-state index contributed by atoms with van der Waals surface area (Å²) >= 11 is 1.62. The SMILES string of the molecule is CC(C)Nc1cc(Nc2ccc3ncsc3c2)ncc1-c1cc(CO)c(C(C)C)[nH]1. The summed E-state index contributed by atoms with van der Waals surface area (Å²) in [7, 11) is 0. The van der Waals surface area contributed by atoms with Crippen LogP contribution in [0.2, 0.25) is 0 Å². The maximum absolute atomic E-state index is 9.75. The highest BCUT2D eigenvalue weighted by molar-refractivity contribution is 7.16. The molecule has 0 aliphatic carbocycles. The molecule has 3 aromatic heterocycles. The van der Waals surface area contributed by atoms with E-state index in [1.165, 1.54) is 0 Å². The fourth-order valence-electron chi connectivity index (χ4n) is 3.55. The van der Waals surface area contributed by atoms with Crippen LogP contribution < -0.4 is 10.6 Å². The van der Waals surface area contributed by atoms with Gasteiger partial charge in [-0.25, -0.2) is 9.97 Å². The van der Waals surface area contributed by atoms with Gasteiger partial charge in [0.1, 0.15) is 5.82 Å². The topological polar surface area (TPSA) is 85.9 Å². The summed E-state index contributed by atoms with van der Waals surface area (Å²) in [6.45, 7) is 8.48. The van der Waals surface area contributed by atoms with Crippen molar-refractivity contribution in [2.75, 3.05) is 10.6 Å². The van der Waals surface area contributed by atoms with E-state index in [0.29, 0.717) is 5.92 Å². The molecular formula is C23H27N5OS. The zero-order valence-corrected chi connectivity index (χ0v) is 18.5. The smallest absolute Gasteiger partial charge is 0.132 e. The third-order valence-electron chi connectivity index (χ3n) is 4.92. The number of H-pyrrole nitrogens is 1. The molecule has 0 aliphatic rings. The van der Waals surface area contributed by atoms with Crippen LogP contribution >= 0.6 is 11.3 Å². The molecule has 0 saturated heterocycles. The Labute approximate surface area is 180 Å². The van der Waals surface area contributed by atoms with Crippen LogP contribution in [-0.4, -0.2) is 26.1 Å². The van der Waals surface area contributed by atoms with Gasteiger partial charge in [0.05, 0.1) is 22.3 Å². The van der Waals surface area contributed by atoms with Crippen molar-refractivity contribution in [3.8, 4) is 11.3 Å². The van der Waals surface area contributed by atoms with Gasteiger partial charge in [-0.15, -0.1) is 11.3 Å². The van der Waals surface area contributed by atoms with Crippen LogP contribution in [0.25, 0.3) is 21.5 Å². The van der Waals surface area contributed by atoms with E-state index in [1.807, 2.05) is 36.0 Å². The lowest BCUT2D eigenvalue weighted by molar-refractivity contribution is 0.280. The number of pyridine rings is 1. The van der Waals surface area contributed by atoms with Crippen molar-refractivity contribution in [3.05, 3.63) is 53.3 Å². The van der Waals surface area contributed by atoms with Crippen LogP contribution in [0.5, 0.6) is 0 Å². The van der Waals surface area contributed by atoms with Crippen LogP contribution in [0.1, 0.15) is 44.9 Å². The highest BCUT2D eigenvalue weighted by Crippen LogP contribution is 2.33. The number of aromatic amines is 1. The lowest BCUT2D eigenvalue weighted by Crippen LogP contribution is -2.11. The molecular weight excluding hydrogens is 394 g/mol. The first-order valence-electron chi connectivity index (χ1n) is 10.1. The molecule has 6 nitrogen and oxygen atoms in total. The number of thiazole rings is 1. The van der Waals surface area contributed by atoms with Crippen LogP contribution in [0, 0.1) is 0 Å². The number of benzene rings is 1. The molecule has 156 valence electrons. The molecule has 4 rings (SSSR count). The molecule has 1 aromatic carbocycles. The van der Waals surface area contributed by atoms with Gasteiger partial charge >= 0.3 is 0 Å². The Bertz CT molecular complexity index is 1160. The zero-order chi connectivity index (χ0) is 21.3. The minimum absolute atomic E-state index is 0.0179. The first-order chi connectivity index (χ1) is 14.4. The van der Waals surface area contributed by atoms with E-state index in [2.05, 4.69) is 59.3 Å². The van der Waals surface area contributed by atoms with Gasteiger partial charge in [-0.05, 0) is 49.6 Å². The van der Waals surface area contributed by atoms with Gasteiger partial charge in [0.15, 0.2) is 0 Å². The molecule has 4 N–H and O–H groups in total. The minimum Gasteiger partial charge on any atom is -0.392 e. The van der Waals surface area contributed by atoms with E-state index in [9.17, 15) is 5.11 Å². The van der Waals surface area contributed by atoms with Gasteiger partial charge in [-0.3, -0.25) is 0 Å². The van der Waals surface area contributed by atoms with E-state index < -0.39 is 0 Å². The van der Waals surface area contributed by atoms with Gasteiger partial charge in [0.25, 0.3) is 0 Å². The third kappa shape index (κ3) is 4.17. The Balaban J connectivity index is 1.70. The number of aliphatic hydroxyl groups is 1. The van der Waals surface area contributed by atoms with Crippen LogP contribution in [0.15, 0.2) is 42.0 Å². The predicted octanol–water partition coefficient (Wildman–Crippen LogP) is 5.87. The molecule has 0 amide bonds. The summed E-state index contributed by atoms with van der Waals surface area (Å²) < 4.78 is 1.14. The summed E-state index contributed by atoms with van der Waals surface area (Å²) in [5, 5.41) is 16.7. The molecule has 0 unspecified atom stereocenters. The number of rotatable bonds is 7. The molecule has 0 spiro atoms. The zero-order valence-electron chi connectivity index (χ0n) is 17.7. The average Bonchev–Trinajstić information content (AvgIpc) is 3.34. The Morgan fingerprint density at radius 2 is 1.93 bits per heavy atom. The van der Waals surface area contributed by atoms with Crippen molar-refractivity contribution >= 4 is 38.7 Å². The number of hydrogen-bond donors (Lipinski definition) is 4. The normalized spacial score (nSPS) is 11.6. The Kier molecular flexibility index (Phi) is 5.74. The Morgan fingerprint density at radius 1 is 1.10 bits per heavy atom. The number of fused-ring (bicyclic) bond motifs is 1. The fraction of sp³-hybridized carbons (Fsp3) is 0.304. The molecule has 0 radical (unpaired) electrons. The van der Waals surface area contributed by atoms with Crippen molar-refractivity contribution in [2.24, 2.45) is 0 Å². The second-order valence-electron chi connectivity index (χ2n) is 8.01. The van der Waals surface area contributed by atoms with E-state index >= 15 is 0 Å². The Morgan fingerprint density at radius 3 is 2.63 bits per heavy atom. The summed E-state index contributed by atoms with van der Waals surface area (Å²) in [5.74, 6) is 1.07. The van der Waals surface area contributed by atoms with E-state index in [1.54, 1.807) is 11.3 Å². The molecule has 0 bridgehead atoms. The summed E-state index contributed by atoms with van der Waals surface area (Å²) in [6.07, 6.45) is 1.87. The van der Waals surface area contributed by atoms with Gasteiger partial charge in [-0.1, -0.05) is 13.8 Å². The monoisotopic (exact) mass is 421 g/mol. The third-order valence-corrected chi connectivity index (χ3v) is 5.72. The average molecular weight is 422 g/mol. The first kappa shape index (κ1) is 20.4. The number of anilines is 3. The summed E-state index contributed by atoms with van der Waals surface area (Å²) in [4.78, 5) is 12.5. The Hall–Kier alpha value is -2.90. The van der Waals surface area contributed by atoms with Crippen molar-refractivity contribution in [1.29, 1.82) is 0 Å². The lowest BCUT2D eigenvalue weighted by Gasteiger charge is -2.16. The van der Waals surface area contributed by atoms with Gasteiger partial charge in [0, 0.05) is 46.6 Å². The molecule has 0 saturated carbocycles. The highest BCUT2D eigenvalue weighted by atomic mass is 32.1. The minimum atomic E-state index is 0.0179. The first-order valence-corrected chi connectivity index (χ1v) is 11.0. The maximum Gasteiger partial charge on any atom is 0.132 e. The fourth-order valence-corrected chi connectivity index (χ4v) is 4.27. The summed E-state index contributed by atoms with van der Waals surface area (Å²) in [6, 6.07) is 10.4. The number of aliphatic hydroxyl groups excluding tert-OH is 1. The molecule has 7 heteroatoms. The number of aromatic nitrogens is 3. The molecule has 0 fully saturated rings. The quantitative estimate of drug-likeness (QED) is 0.300. The van der Waals surface area contributed by atoms with Gasteiger partial charge < -0.3 is 20.7 Å². The number of nitrogens with one attached hydrogen (secondary N) is 3. The summed E-state index contributed by atoms with van der Waals surface area (Å²) in [5.41, 5.74) is 8.75. The lowest BCUT2D eigenvalue weighted by atomic mass is 10.1. The molecule has 30 heavy (non-hydrogen) atoms. The molecule has 3 heterocycles. The molecule has 0 atom stereocenters. The van der Waals surface area contributed by atoms with Gasteiger partial charge in [-0.2, -0.15) is 0 Å². The van der Waals surface area contributed by atoms with Crippen molar-refractivity contribution in [2.45, 2.75) is 46.3 Å². The molecule has 0 aliphatic heterocycles. The van der Waals surface area contributed by atoms with E-state index in [0.717, 1.165) is 49.9 Å². The predicted molar refractivity (Wildman–Crippen MR) is 126 cm³/mol. The van der Waals surface area contributed by atoms with E-state index in [-0.39, 0.29) is 12.6 Å². The van der Waals surface area contributed by atoms with Crippen molar-refractivity contribution < 1.29 is 5.11 Å². The molecule has 4 aromatic rings. The largest absolute Gasteiger partial charge is 0.392 e.